The molecule has 0 aliphatic carbocycles. The summed E-state index contributed by atoms with van der Waals surface area (Å²) in [5.74, 6) is 0. The maximum Gasteiger partial charge on any atom is 0.258 e. The quantitative estimate of drug-likeness (QED) is 0.585. The molecule has 1 rings (SSSR count). The Bertz CT molecular complexity index is 300. The Labute approximate surface area is 66.8 Å². The van der Waals surface area contributed by atoms with Crippen LogP contribution in [-0.2, 0) is 0 Å². The van der Waals surface area contributed by atoms with Gasteiger partial charge in [-0.25, -0.2) is 0 Å². The van der Waals surface area contributed by atoms with Crippen LogP contribution in [0.3, 0.4) is 0 Å². The van der Waals surface area contributed by atoms with Crippen LogP contribution >= 0.6 is 0 Å². The van der Waals surface area contributed by atoms with Crippen molar-refractivity contribution in [1.82, 2.24) is 9.45 Å². The fourth-order valence-electron chi connectivity index (χ4n) is 0.862. The molecule has 0 aromatic carbocycles. The van der Waals surface area contributed by atoms with Crippen LogP contribution in [0.15, 0.2) is 23.1 Å². The molecule has 0 atom stereocenters. The van der Waals surface area contributed by atoms with E-state index < -0.39 is 8.24 Å². The summed E-state index contributed by atoms with van der Waals surface area (Å²) >= 11 is 0. The van der Waals surface area contributed by atoms with E-state index in [1.165, 1.54) is 0 Å². The molecule has 0 unspecified atom stereocenters. The average Bonchev–Trinajstić information content (AvgIpc) is 1.86. The van der Waals surface area contributed by atoms with E-state index in [4.69, 9.17) is 0 Å². The molecule has 0 saturated heterocycles. The van der Waals surface area contributed by atoms with Gasteiger partial charge in [-0.1, -0.05) is 0 Å². The van der Waals surface area contributed by atoms with Crippen LogP contribution in [0.2, 0.25) is 19.6 Å². The van der Waals surface area contributed by atoms with Crippen molar-refractivity contribution in [3.05, 3.63) is 28.7 Å². The Morgan fingerprint density at radius 3 is 2.45 bits per heavy atom. The molecule has 0 saturated carbocycles. The lowest BCUT2D eigenvalue weighted by Gasteiger charge is -2.16. The van der Waals surface area contributed by atoms with Crippen molar-refractivity contribution in [1.29, 1.82) is 0 Å². The molecule has 11 heavy (non-hydrogen) atoms. The van der Waals surface area contributed by atoms with Gasteiger partial charge in [-0.15, -0.1) is 0 Å². The molecule has 0 aliphatic heterocycles. The van der Waals surface area contributed by atoms with E-state index in [1.807, 2.05) is 0 Å². The largest absolute Gasteiger partial charge is 0.269 e. The first-order chi connectivity index (χ1) is 5.02. The SMILES string of the molecule is C[Si](C)(C)n1ncccc1=O. The molecule has 3 nitrogen and oxygen atoms in total. The lowest BCUT2D eigenvalue weighted by molar-refractivity contribution is 0.854. The average molecular weight is 168 g/mol. The minimum absolute atomic E-state index is 0.00617. The third-order valence-electron chi connectivity index (χ3n) is 1.35. The van der Waals surface area contributed by atoms with Gasteiger partial charge in [0.2, 0.25) is 0 Å². The Morgan fingerprint density at radius 2 is 2.09 bits per heavy atom. The van der Waals surface area contributed by atoms with Crippen molar-refractivity contribution >= 4 is 8.24 Å². The molecule has 0 radical (unpaired) electrons. The number of aromatic nitrogens is 2. The summed E-state index contributed by atoms with van der Waals surface area (Å²) in [6, 6.07) is 3.21. The van der Waals surface area contributed by atoms with Crippen LogP contribution in [-0.4, -0.2) is 17.7 Å². The van der Waals surface area contributed by atoms with Gasteiger partial charge in [0.1, 0.15) is 0 Å². The van der Waals surface area contributed by atoms with Gasteiger partial charge in [-0.3, -0.25) is 9.14 Å². The van der Waals surface area contributed by atoms with Crippen LogP contribution in [0.1, 0.15) is 0 Å². The van der Waals surface area contributed by atoms with Crippen LogP contribution in [0.4, 0.5) is 0 Å². The first kappa shape index (κ1) is 8.20. The molecule has 4 heteroatoms. The second kappa shape index (κ2) is 2.62. The van der Waals surface area contributed by atoms with E-state index in [-0.39, 0.29) is 5.56 Å². The summed E-state index contributed by atoms with van der Waals surface area (Å²) in [5.41, 5.74) is 0.00617. The maximum absolute atomic E-state index is 11.2. The zero-order valence-corrected chi connectivity index (χ0v) is 8.03. The van der Waals surface area contributed by atoms with Crippen molar-refractivity contribution in [3.8, 4) is 0 Å². The maximum atomic E-state index is 11.2. The minimum Gasteiger partial charge on any atom is -0.269 e. The van der Waals surface area contributed by atoms with Crippen molar-refractivity contribution in [2.75, 3.05) is 0 Å². The van der Waals surface area contributed by atoms with Gasteiger partial charge in [0.15, 0.2) is 8.24 Å². The lowest BCUT2D eigenvalue weighted by atomic mass is 10.6. The fraction of sp³-hybridized carbons (Fsp3) is 0.429. The molecule has 0 amide bonds. The Morgan fingerprint density at radius 1 is 1.45 bits per heavy atom. The second-order valence-electron chi connectivity index (χ2n) is 3.44. The number of hydrogen-bond donors (Lipinski definition) is 0. The zero-order valence-electron chi connectivity index (χ0n) is 7.03. The van der Waals surface area contributed by atoms with Crippen molar-refractivity contribution in [2.24, 2.45) is 0 Å². The summed E-state index contributed by atoms with van der Waals surface area (Å²) in [5, 5.41) is 4.02. The fourth-order valence-corrected chi connectivity index (χ4v) is 2.01. The van der Waals surface area contributed by atoms with Crippen LogP contribution in [0.5, 0.6) is 0 Å². The minimum atomic E-state index is -1.58. The first-order valence-corrected chi connectivity index (χ1v) is 7.01. The van der Waals surface area contributed by atoms with Crippen molar-refractivity contribution in [3.63, 3.8) is 0 Å². The molecule has 0 N–H and O–H groups in total. The molecule has 0 fully saturated rings. The van der Waals surface area contributed by atoms with Gasteiger partial charge in [0, 0.05) is 12.3 Å². The number of hydrogen-bond acceptors (Lipinski definition) is 2. The van der Waals surface area contributed by atoms with E-state index in [0.29, 0.717) is 0 Å². The van der Waals surface area contributed by atoms with Gasteiger partial charge in [0.05, 0.1) is 0 Å². The zero-order chi connectivity index (χ0) is 8.48. The number of nitrogens with zero attached hydrogens (tertiary/aromatic N) is 2. The van der Waals surface area contributed by atoms with Gasteiger partial charge in [-0.2, -0.15) is 5.10 Å². The molecule has 0 aliphatic rings. The van der Waals surface area contributed by atoms with Gasteiger partial charge >= 0.3 is 0 Å². The molecule has 0 spiro atoms. The smallest absolute Gasteiger partial charge is 0.258 e. The van der Waals surface area contributed by atoms with E-state index in [9.17, 15) is 4.79 Å². The van der Waals surface area contributed by atoms with Crippen LogP contribution in [0.25, 0.3) is 0 Å². The third kappa shape index (κ3) is 1.77. The van der Waals surface area contributed by atoms with Crippen molar-refractivity contribution < 1.29 is 0 Å². The molecular formula is C7H12N2OSi. The second-order valence-corrected chi connectivity index (χ2v) is 8.21. The van der Waals surface area contributed by atoms with E-state index in [2.05, 4.69) is 24.7 Å². The summed E-state index contributed by atoms with van der Waals surface area (Å²) in [4.78, 5) is 11.2. The molecule has 1 aromatic heterocycles. The van der Waals surface area contributed by atoms with Crippen LogP contribution in [0, 0.1) is 0 Å². The highest BCUT2D eigenvalue weighted by molar-refractivity contribution is 6.74. The number of rotatable bonds is 1. The van der Waals surface area contributed by atoms with Gasteiger partial charge < -0.3 is 0 Å². The normalized spacial score (nSPS) is 11.5. The van der Waals surface area contributed by atoms with Crippen LogP contribution < -0.4 is 5.56 Å². The highest BCUT2D eigenvalue weighted by Crippen LogP contribution is 1.98. The van der Waals surface area contributed by atoms with E-state index in [0.717, 1.165) is 0 Å². The molecule has 60 valence electrons. The predicted octanol–water partition coefficient (Wildman–Crippen LogP) is 0.926. The molecule has 0 bridgehead atoms. The lowest BCUT2D eigenvalue weighted by Crippen LogP contribution is -2.42. The Kier molecular flexibility index (Phi) is 1.95. The molecular weight excluding hydrogens is 156 g/mol. The van der Waals surface area contributed by atoms with E-state index >= 15 is 0 Å². The Balaban J connectivity index is 3.26. The van der Waals surface area contributed by atoms with Gasteiger partial charge in [0.25, 0.3) is 5.56 Å². The Hall–Kier alpha value is -0.903. The first-order valence-electron chi connectivity index (χ1n) is 3.56. The third-order valence-corrected chi connectivity index (χ3v) is 2.96. The topological polar surface area (TPSA) is 34.9 Å². The summed E-state index contributed by atoms with van der Waals surface area (Å²) in [6.45, 7) is 6.25. The summed E-state index contributed by atoms with van der Waals surface area (Å²) in [6.07, 6.45) is 1.65. The highest BCUT2D eigenvalue weighted by atomic mass is 28.3. The van der Waals surface area contributed by atoms with Crippen molar-refractivity contribution in [2.45, 2.75) is 19.6 Å². The molecule has 1 aromatic rings. The summed E-state index contributed by atoms with van der Waals surface area (Å²) < 4.78 is 1.60. The summed E-state index contributed by atoms with van der Waals surface area (Å²) in [7, 11) is -1.58. The monoisotopic (exact) mass is 168 g/mol. The predicted molar refractivity (Wildman–Crippen MR) is 47.2 cm³/mol. The van der Waals surface area contributed by atoms with Gasteiger partial charge in [-0.05, 0) is 25.7 Å². The highest BCUT2D eigenvalue weighted by Gasteiger charge is 2.17. The molecule has 1 heterocycles. The van der Waals surface area contributed by atoms with E-state index in [1.54, 1.807) is 22.7 Å². The standard InChI is InChI=1S/C7H12N2OSi/c1-11(2,3)9-7(10)5-4-6-8-9/h4-6H,1-3H3.